The van der Waals surface area contributed by atoms with Crippen LogP contribution in [0.4, 0.5) is 5.69 Å². The van der Waals surface area contributed by atoms with Crippen molar-refractivity contribution in [2.75, 3.05) is 11.9 Å². The maximum absolute atomic E-state index is 12.4. The number of hydrogen-bond acceptors (Lipinski definition) is 5. The summed E-state index contributed by atoms with van der Waals surface area (Å²) in [7, 11) is -3.58. The van der Waals surface area contributed by atoms with Gasteiger partial charge in [-0.25, -0.2) is 8.42 Å². The lowest BCUT2D eigenvalue weighted by Crippen LogP contribution is -2.22. The average molecular weight is 412 g/mol. The second kappa shape index (κ2) is 8.74. The smallest absolute Gasteiger partial charge is 0.291 e. The van der Waals surface area contributed by atoms with Crippen molar-refractivity contribution in [1.29, 1.82) is 0 Å². The third kappa shape index (κ3) is 5.11. The number of nitrogens with one attached hydrogen (secondary N) is 2. The fourth-order valence-electron chi connectivity index (χ4n) is 2.67. The highest BCUT2D eigenvalue weighted by Gasteiger charge is 2.19. The first-order valence-corrected chi connectivity index (χ1v) is 10.6. The van der Waals surface area contributed by atoms with Gasteiger partial charge < -0.3 is 15.1 Å². The molecule has 8 heteroatoms. The van der Waals surface area contributed by atoms with E-state index in [0.29, 0.717) is 17.8 Å². The molecule has 29 heavy (non-hydrogen) atoms. The molecule has 0 saturated heterocycles. The molecule has 3 aromatic rings. The lowest BCUT2D eigenvalue weighted by Gasteiger charge is -2.06. The first kappa shape index (κ1) is 20.3. The minimum Gasteiger partial charge on any atom is -0.455 e. The second-order valence-corrected chi connectivity index (χ2v) is 8.22. The summed E-state index contributed by atoms with van der Waals surface area (Å²) in [6.45, 7) is 2.31. The van der Waals surface area contributed by atoms with Gasteiger partial charge in [0.15, 0.2) is 15.6 Å². The highest BCUT2D eigenvalue weighted by atomic mass is 32.2. The highest BCUT2D eigenvalue weighted by molar-refractivity contribution is 7.90. The summed E-state index contributed by atoms with van der Waals surface area (Å²) in [6, 6.07) is 17.4. The van der Waals surface area contributed by atoms with Crippen molar-refractivity contribution in [3.8, 4) is 0 Å². The number of carbonyl (C=O) groups excluding carboxylic acids is 2. The van der Waals surface area contributed by atoms with Gasteiger partial charge in [0.25, 0.3) is 11.8 Å². The molecule has 0 fully saturated rings. The van der Waals surface area contributed by atoms with Crippen molar-refractivity contribution >= 4 is 27.3 Å². The van der Waals surface area contributed by atoms with E-state index >= 15 is 0 Å². The van der Waals surface area contributed by atoms with E-state index in [4.69, 9.17) is 4.42 Å². The minimum atomic E-state index is -3.58. The maximum Gasteiger partial charge on any atom is 0.291 e. The molecule has 150 valence electrons. The number of furan rings is 1. The quantitative estimate of drug-likeness (QED) is 0.620. The molecule has 1 heterocycles. The van der Waals surface area contributed by atoms with E-state index < -0.39 is 15.7 Å². The van der Waals surface area contributed by atoms with Gasteiger partial charge >= 0.3 is 0 Å². The van der Waals surface area contributed by atoms with Crippen LogP contribution in [0.15, 0.2) is 76.0 Å². The summed E-state index contributed by atoms with van der Waals surface area (Å²) in [5, 5.41) is 5.33. The number of anilines is 1. The molecule has 0 spiro atoms. The average Bonchev–Trinajstić information content (AvgIpc) is 3.17. The second-order valence-electron chi connectivity index (χ2n) is 6.23. The Hall–Kier alpha value is -3.39. The zero-order valence-corrected chi connectivity index (χ0v) is 16.5. The van der Waals surface area contributed by atoms with Gasteiger partial charge in [0.05, 0.1) is 4.90 Å². The van der Waals surface area contributed by atoms with E-state index in [0.717, 1.165) is 0 Å². The predicted octanol–water partition coefficient (Wildman–Crippen LogP) is 3.26. The Balaban J connectivity index is 1.70. The molecule has 0 saturated carbocycles. The van der Waals surface area contributed by atoms with Crippen molar-refractivity contribution in [2.45, 2.75) is 17.6 Å². The molecule has 1 aromatic heterocycles. The Morgan fingerprint density at radius 1 is 0.931 bits per heavy atom. The van der Waals surface area contributed by atoms with E-state index in [1.807, 2.05) is 6.92 Å². The first-order chi connectivity index (χ1) is 13.9. The molecule has 3 rings (SSSR count). The molecule has 2 aromatic carbocycles. The normalized spacial score (nSPS) is 11.1. The van der Waals surface area contributed by atoms with Crippen molar-refractivity contribution in [3.05, 3.63) is 83.8 Å². The summed E-state index contributed by atoms with van der Waals surface area (Å²) in [4.78, 5) is 24.5. The van der Waals surface area contributed by atoms with Crippen LogP contribution >= 0.6 is 0 Å². The zero-order chi connectivity index (χ0) is 20.9. The Morgan fingerprint density at radius 2 is 1.69 bits per heavy atom. The van der Waals surface area contributed by atoms with Crippen LogP contribution in [0, 0.1) is 0 Å². The van der Waals surface area contributed by atoms with Crippen LogP contribution in [0.1, 0.15) is 33.6 Å². The van der Waals surface area contributed by atoms with E-state index in [2.05, 4.69) is 10.6 Å². The molecule has 2 amide bonds. The van der Waals surface area contributed by atoms with Gasteiger partial charge in [-0.2, -0.15) is 0 Å². The van der Waals surface area contributed by atoms with Crippen molar-refractivity contribution in [1.82, 2.24) is 5.32 Å². The third-order valence-corrected chi connectivity index (χ3v) is 5.69. The lowest BCUT2D eigenvalue weighted by atomic mass is 10.2. The van der Waals surface area contributed by atoms with Gasteiger partial charge in [0.2, 0.25) is 0 Å². The van der Waals surface area contributed by atoms with Crippen LogP contribution in [-0.4, -0.2) is 26.8 Å². The fourth-order valence-corrected chi connectivity index (χ4v) is 3.94. The van der Waals surface area contributed by atoms with Crippen LogP contribution in [0.5, 0.6) is 0 Å². The van der Waals surface area contributed by atoms with E-state index in [9.17, 15) is 18.0 Å². The predicted molar refractivity (Wildman–Crippen MR) is 108 cm³/mol. The minimum absolute atomic E-state index is 0.0216. The number of rotatable bonds is 7. The van der Waals surface area contributed by atoms with Crippen molar-refractivity contribution in [2.24, 2.45) is 0 Å². The van der Waals surface area contributed by atoms with Crippen LogP contribution in [-0.2, 0) is 15.6 Å². The summed E-state index contributed by atoms with van der Waals surface area (Å²) in [5.41, 5.74) is 0.840. The number of benzene rings is 2. The van der Waals surface area contributed by atoms with E-state index in [1.165, 1.54) is 24.3 Å². The van der Waals surface area contributed by atoms with Gasteiger partial charge in [-0.1, -0.05) is 24.3 Å². The summed E-state index contributed by atoms with van der Waals surface area (Å²) >= 11 is 0. The van der Waals surface area contributed by atoms with Crippen molar-refractivity contribution in [3.63, 3.8) is 0 Å². The molecule has 0 aliphatic rings. The van der Waals surface area contributed by atoms with Crippen LogP contribution < -0.4 is 10.6 Å². The lowest BCUT2D eigenvalue weighted by molar-refractivity contribution is 0.0953. The van der Waals surface area contributed by atoms with Gasteiger partial charge in [0.1, 0.15) is 11.5 Å². The standard InChI is InChI=1S/C21H20N2O5S/c1-2-22-20(24)15-7-6-8-16(13-15)23-21(25)19-12-11-17(28-19)14-29(26,27)18-9-4-3-5-10-18/h3-13H,2,14H2,1H3,(H,22,24)(H,23,25). The van der Waals surface area contributed by atoms with E-state index in [1.54, 1.807) is 42.5 Å². The third-order valence-electron chi connectivity index (χ3n) is 4.04. The van der Waals surface area contributed by atoms with Crippen LogP contribution in [0.25, 0.3) is 0 Å². The molecule has 0 aliphatic carbocycles. The molecule has 2 N–H and O–H groups in total. The van der Waals surface area contributed by atoms with E-state index in [-0.39, 0.29) is 28.1 Å². The zero-order valence-electron chi connectivity index (χ0n) is 15.7. The largest absolute Gasteiger partial charge is 0.455 e. The molecule has 0 radical (unpaired) electrons. The summed E-state index contributed by atoms with van der Waals surface area (Å²) < 4.78 is 30.3. The van der Waals surface area contributed by atoms with Crippen molar-refractivity contribution < 1.29 is 22.4 Å². The molecular formula is C21H20N2O5S. The van der Waals surface area contributed by atoms with Gasteiger partial charge in [-0.15, -0.1) is 0 Å². The number of carbonyl (C=O) groups is 2. The molecule has 0 atom stereocenters. The molecule has 7 nitrogen and oxygen atoms in total. The topological polar surface area (TPSA) is 105 Å². The number of amides is 2. The van der Waals surface area contributed by atoms with Crippen LogP contribution in [0.3, 0.4) is 0 Å². The SMILES string of the molecule is CCNC(=O)c1cccc(NC(=O)c2ccc(CS(=O)(=O)c3ccccc3)o2)c1. The molecule has 0 unspecified atom stereocenters. The Labute approximate surface area is 168 Å². The van der Waals surface area contributed by atoms with Crippen LogP contribution in [0.2, 0.25) is 0 Å². The Bertz CT molecular complexity index is 1120. The molecule has 0 aliphatic heterocycles. The number of sulfone groups is 1. The monoisotopic (exact) mass is 412 g/mol. The first-order valence-electron chi connectivity index (χ1n) is 8.95. The fraction of sp³-hybridized carbons (Fsp3) is 0.143. The Morgan fingerprint density at radius 3 is 2.41 bits per heavy atom. The summed E-state index contributed by atoms with van der Waals surface area (Å²) in [5.74, 6) is -0.991. The van der Waals surface area contributed by atoms with Gasteiger partial charge in [0, 0.05) is 17.8 Å². The number of hydrogen-bond donors (Lipinski definition) is 2. The molecule has 0 bridgehead atoms. The van der Waals surface area contributed by atoms with Gasteiger partial charge in [-0.05, 0) is 49.4 Å². The molecular weight excluding hydrogens is 392 g/mol. The van der Waals surface area contributed by atoms with Gasteiger partial charge in [-0.3, -0.25) is 9.59 Å². The maximum atomic E-state index is 12.4. The highest BCUT2D eigenvalue weighted by Crippen LogP contribution is 2.19. The Kier molecular flexibility index (Phi) is 6.13. The summed E-state index contributed by atoms with van der Waals surface area (Å²) in [6.07, 6.45) is 0.